The van der Waals surface area contributed by atoms with Crippen molar-refractivity contribution < 1.29 is 53.3 Å². The Kier molecular flexibility index (Phi) is 12.5. The Morgan fingerprint density at radius 2 is 1.69 bits per heavy atom. The highest BCUT2D eigenvalue weighted by atomic mass is 16.6. The van der Waals surface area contributed by atoms with Gasteiger partial charge in [-0.1, -0.05) is 51.1 Å². The fourth-order valence-electron chi connectivity index (χ4n) is 6.98. The number of methoxy groups -OCH3 is 4. The number of esters is 1. The summed E-state index contributed by atoms with van der Waals surface area (Å²) < 4.78 is 35.6. The molecule has 2 heterocycles. The number of hydrogen-bond acceptors (Lipinski definition) is 11. The summed E-state index contributed by atoms with van der Waals surface area (Å²) in [6.07, 6.45) is -4.11. The van der Waals surface area contributed by atoms with Crippen LogP contribution in [0.1, 0.15) is 60.7 Å². The first kappa shape index (κ1) is 37.6. The first-order valence-corrected chi connectivity index (χ1v) is 16.3. The number of amides is 1. The largest absolute Gasteiger partial charge is 0.508 e. The fraction of sp³-hybridized carbons (Fsp3) is 0.611. The van der Waals surface area contributed by atoms with Crippen LogP contribution >= 0.6 is 0 Å². The molecule has 12 nitrogen and oxygen atoms in total. The molecule has 1 fully saturated rings. The summed E-state index contributed by atoms with van der Waals surface area (Å²) in [6.45, 7) is 7.72. The number of ether oxygens (including phenoxy) is 6. The zero-order valence-electron chi connectivity index (χ0n) is 29.1. The third kappa shape index (κ3) is 7.96. The molecule has 0 aromatic heterocycles. The van der Waals surface area contributed by atoms with Gasteiger partial charge in [0.05, 0.1) is 24.4 Å². The van der Waals surface area contributed by atoms with E-state index in [1.807, 2.05) is 51.1 Å². The van der Waals surface area contributed by atoms with Gasteiger partial charge in [0.1, 0.15) is 29.3 Å². The summed E-state index contributed by atoms with van der Waals surface area (Å²) in [5.41, 5.74) is 1.56. The molecular formula is C36H51NO11. The Balaban J connectivity index is 1.49. The number of phenolic OH excluding ortho intramolecular Hbond substituents is 2. The molecule has 0 spiro atoms. The summed E-state index contributed by atoms with van der Waals surface area (Å²) >= 11 is 0. The van der Waals surface area contributed by atoms with Gasteiger partial charge < -0.3 is 49.1 Å². The van der Waals surface area contributed by atoms with Crippen LogP contribution in [0.15, 0.2) is 36.4 Å². The second kappa shape index (κ2) is 16.0. The number of rotatable bonds is 14. The first-order chi connectivity index (χ1) is 22.8. The lowest BCUT2D eigenvalue weighted by Gasteiger charge is -2.49. The fourth-order valence-corrected chi connectivity index (χ4v) is 6.98. The SMILES string of the molecule is CO[C@@H](C[C@H]1O[C@H]([C@@H](NC(=O)[C@@H](O)[C@H](Cc2ccccc2)OC)OC)C[C@@H](OC)C1(C)C)[C@@H](C)[C@H]1Cc2c(C)c(O)cc(O)c2C(=O)O1. The van der Waals surface area contributed by atoms with Gasteiger partial charge in [-0.2, -0.15) is 0 Å². The van der Waals surface area contributed by atoms with Crippen LogP contribution in [-0.2, 0) is 46.1 Å². The predicted molar refractivity (Wildman–Crippen MR) is 176 cm³/mol. The van der Waals surface area contributed by atoms with Crippen LogP contribution < -0.4 is 5.32 Å². The average Bonchev–Trinajstić information content (AvgIpc) is 3.07. The molecule has 2 aliphatic rings. The maximum Gasteiger partial charge on any atom is 0.342 e. The smallest absolute Gasteiger partial charge is 0.342 e. The molecule has 2 aromatic carbocycles. The van der Waals surface area contributed by atoms with Crippen molar-refractivity contribution >= 4 is 11.9 Å². The van der Waals surface area contributed by atoms with Crippen molar-refractivity contribution in [3.05, 3.63) is 58.7 Å². The molecule has 0 radical (unpaired) electrons. The third-order valence-electron chi connectivity index (χ3n) is 10.3. The molecule has 0 saturated carbocycles. The summed E-state index contributed by atoms with van der Waals surface area (Å²) in [5, 5.41) is 34.4. The van der Waals surface area contributed by atoms with E-state index in [-0.39, 0.29) is 29.1 Å². The van der Waals surface area contributed by atoms with Crippen molar-refractivity contribution in [3.63, 3.8) is 0 Å². The minimum absolute atomic E-state index is 0.0694. The maximum atomic E-state index is 13.3. The van der Waals surface area contributed by atoms with Crippen molar-refractivity contribution in [1.29, 1.82) is 0 Å². The standard InChI is InChI=1S/C36H51NO11/c1-19-22-15-26(48-35(42)31(22)24(39)16-23(19)38)20(2)25(43-5)17-30-36(3,4)29(45-7)18-28(47-30)34(46-8)37-33(41)32(40)27(44-6)14-21-12-10-9-11-13-21/h9-13,16,20,25-30,32,34,38-40H,14-15,17-18H2,1-8H3,(H,37,41)/t20-,25+,26-,27+,28+,29-,30-,32+,34+/m1/s1. The molecule has 266 valence electrons. The average molecular weight is 674 g/mol. The van der Waals surface area contributed by atoms with E-state index < -0.39 is 60.1 Å². The number of carbonyl (C=O) groups is 2. The number of aromatic hydroxyl groups is 2. The highest BCUT2D eigenvalue weighted by Gasteiger charge is 2.49. The van der Waals surface area contributed by atoms with Crippen LogP contribution in [-0.4, -0.2) is 105 Å². The lowest BCUT2D eigenvalue weighted by Crippen LogP contribution is -2.59. The molecular weight excluding hydrogens is 622 g/mol. The molecule has 48 heavy (non-hydrogen) atoms. The summed E-state index contributed by atoms with van der Waals surface area (Å²) in [6, 6.07) is 10.6. The minimum Gasteiger partial charge on any atom is -0.508 e. The molecule has 9 atom stereocenters. The minimum atomic E-state index is -1.46. The molecule has 12 heteroatoms. The van der Waals surface area contributed by atoms with Crippen molar-refractivity contribution in [2.45, 2.75) is 102 Å². The highest BCUT2D eigenvalue weighted by molar-refractivity contribution is 5.96. The zero-order chi connectivity index (χ0) is 35.3. The molecule has 0 aliphatic carbocycles. The monoisotopic (exact) mass is 673 g/mol. The van der Waals surface area contributed by atoms with E-state index in [4.69, 9.17) is 28.4 Å². The van der Waals surface area contributed by atoms with E-state index >= 15 is 0 Å². The molecule has 0 unspecified atom stereocenters. The van der Waals surface area contributed by atoms with Gasteiger partial charge in [-0.25, -0.2) is 4.79 Å². The van der Waals surface area contributed by atoms with Gasteiger partial charge in [-0.3, -0.25) is 4.79 Å². The van der Waals surface area contributed by atoms with E-state index in [1.165, 1.54) is 14.2 Å². The number of carbonyl (C=O) groups excluding carboxylic acids is 2. The van der Waals surface area contributed by atoms with Crippen LogP contribution in [0, 0.1) is 18.3 Å². The van der Waals surface area contributed by atoms with Crippen molar-refractivity contribution in [3.8, 4) is 11.5 Å². The molecule has 1 amide bonds. The van der Waals surface area contributed by atoms with Gasteiger partial charge >= 0.3 is 5.97 Å². The third-order valence-corrected chi connectivity index (χ3v) is 10.3. The second-order valence-corrected chi connectivity index (χ2v) is 13.4. The second-order valence-electron chi connectivity index (χ2n) is 13.4. The van der Waals surface area contributed by atoms with E-state index in [0.717, 1.165) is 11.6 Å². The van der Waals surface area contributed by atoms with Gasteiger partial charge in [0.25, 0.3) is 5.91 Å². The highest BCUT2D eigenvalue weighted by Crippen LogP contribution is 2.43. The Morgan fingerprint density at radius 3 is 2.29 bits per heavy atom. The van der Waals surface area contributed by atoms with Crippen molar-refractivity contribution in [2.24, 2.45) is 11.3 Å². The van der Waals surface area contributed by atoms with E-state index in [0.29, 0.717) is 36.8 Å². The number of hydrogen-bond donors (Lipinski definition) is 4. The maximum absolute atomic E-state index is 13.3. The number of nitrogens with one attached hydrogen (secondary N) is 1. The Hall–Kier alpha value is -3.26. The van der Waals surface area contributed by atoms with Crippen molar-refractivity contribution in [1.82, 2.24) is 5.32 Å². The number of aliphatic hydroxyl groups is 1. The van der Waals surface area contributed by atoms with Gasteiger partial charge in [0, 0.05) is 71.5 Å². The Labute approximate surface area is 282 Å². The van der Waals surface area contributed by atoms with E-state index in [2.05, 4.69) is 5.32 Å². The summed E-state index contributed by atoms with van der Waals surface area (Å²) in [7, 11) is 6.13. The predicted octanol–water partition coefficient (Wildman–Crippen LogP) is 3.43. The normalized spacial score (nSPS) is 25.2. The van der Waals surface area contributed by atoms with Crippen LogP contribution in [0.3, 0.4) is 0 Å². The number of phenols is 2. The van der Waals surface area contributed by atoms with E-state index in [9.17, 15) is 24.9 Å². The molecule has 1 saturated heterocycles. The number of benzene rings is 2. The summed E-state index contributed by atoms with van der Waals surface area (Å²) in [5.74, 6) is -2.02. The van der Waals surface area contributed by atoms with E-state index in [1.54, 1.807) is 21.1 Å². The van der Waals surface area contributed by atoms with Crippen LogP contribution in [0.5, 0.6) is 11.5 Å². The topological polar surface area (TPSA) is 162 Å². The number of cyclic esters (lactones) is 1. The molecule has 4 rings (SSSR count). The van der Waals surface area contributed by atoms with Crippen LogP contribution in [0.25, 0.3) is 0 Å². The number of aliphatic hydroxyl groups excluding tert-OH is 1. The molecule has 2 aromatic rings. The van der Waals surface area contributed by atoms with Crippen molar-refractivity contribution in [2.75, 3.05) is 28.4 Å². The number of fused-ring (bicyclic) bond motifs is 1. The van der Waals surface area contributed by atoms with Gasteiger partial charge in [0.2, 0.25) is 0 Å². The molecule has 0 bridgehead atoms. The lowest BCUT2D eigenvalue weighted by molar-refractivity contribution is -0.223. The van der Waals surface area contributed by atoms with Crippen LogP contribution in [0.4, 0.5) is 0 Å². The first-order valence-electron chi connectivity index (χ1n) is 16.3. The lowest BCUT2D eigenvalue weighted by atomic mass is 9.72. The Bertz CT molecular complexity index is 1400. The zero-order valence-corrected chi connectivity index (χ0v) is 29.1. The van der Waals surface area contributed by atoms with Gasteiger partial charge in [-0.05, 0) is 23.6 Å². The van der Waals surface area contributed by atoms with Gasteiger partial charge in [-0.15, -0.1) is 0 Å². The molecule has 4 N–H and O–H groups in total. The molecule has 2 aliphatic heterocycles. The van der Waals surface area contributed by atoms with Gasteiger partial charge in [0.15, 0.2) is 12.3 Å². The van der Waals surface area contributed by atoms with Crippen LogP contribution in [0.2, 0.25) is 0 Å². The Morgan fingerprint density at radius 1 is 1.02 bits per heavy atom. The summed E-state index contributed by atoms with van der Waals surface area (Å²) in [4.78, 5) is 26.3. The quantitative estimate of drug-likeness (QED) is 0.172.